The summed E-state index contributed by atoms with van der Waals surface area (Å²) in [4.78, 5) is 19.9. The number of nitrogens with zero attached hydrogens (tertiary/aromatic N) is 1. The van der Waals surface area contributed by atoms with Crippen LogP contribution in [-0.4, -0.2) is 41.6 Å². The highest BCUT2D eigenvalue weighted by atomic mass is 32.2. The molecule has 3 saturated heterocycles. The van der Waals surface area contributed by atoms with Crippen LogP contribution in [0.15, 0.2) is 35.2 Å². The Labute approximate surface area is 135 Å². The van der Waals surface area contributed by atoms with Gasteiger partial charge in [-0.2, -0.15) is 5.06 Å². The first-order valence-corrected chi connectivity index (χ1v) is 9.02. The smallest absolute Gasteiger partial charge is 0.313 e. The van der Waals surface area contributed by atoms with Crippen LogP contribution >= 0.6 is 11.8 Å². The number of benzene rings is 1. The molecule has 3 aliphatic heterocycles. The minimum absolute atomic E-state index is 0.0525. The van der Waals surface area contributed by atoms with Crippen molar-refractivity contribution in [1.29, 1.82) is 0 Å². The van der Waals surface area contributed by atoms with Crippen molar-refractivity contribution in [1.82, 2.24) is 5.06 Å². The molecule has 4 atom stereocenters. The summed E-state index contributed by atoms with van der Waals surface area (Å²) in [6.45, 7) is 1.44. The van der Waals surface area contributed by atoms with E-state index in [2.05, 4.69) is 29.3 Å². The molecule has 1 aromatic carbocycles. The van der Waals surface area contributed by atoms with E-state index in [1.54, 1.807) is 0 Å². The van der Waals surface area contributed by atoms with Crippen LogP contribution in [0, 0.1) is 5.92 Å². The van der Waals surface area contributed by atoms with Crippen LogP contribution in [0.4, 0.5) is 0 Å². The van der Waals surface area contributed by atoms with E-state index in [4.69, 9.17) is 9.57 Å². The predicted molar refractivity (Wildman–Crippen MR) is 84.4 cm³/mol. The molecule has 3 aliphatic rings. The number of fused-ring (bicyclic) bond motifs is 3. The van der Waals surface area contributed by atoms with E-state index in [1.165, 1.54) is 11.3 Å². The molecular weight excluding hydrogens is 298 g/mol. The molecule has 4 rings (SSSR count). The van der Waals surface area contributed by atoms with Crippen LogP contribution in [0.3, 0.4) is 0 Å². The lowest BCUT2D eigenvalue weighted by atomic mass is 9.88. The number of carbonyl (C=O) groups is 1. The van der Waals surface area contributed by atoms with E-state index in [0.29, 0.717) is 6.61 Å². The van der Waals surface area contributed by atoms with Gasteiger partial charge in [0.2, 0.25) is 0 Å². The fourth-order valence-electron chi connectivity index (χ4n) is 3.79. The average molecular weight is 319 g/mol. The van der Waals surface area contributed by atoms with Gasteiger partial charge in [0.05, 0.1) is 12.6 Å². The SMILES string of the molecule is O=C1OCC[C@@H](Sc2ccccc2)[C@H]2ON3CCCC[C@@H]3[C@@H]12. The van der Waals surface area contributed by atoms with Gasteiger partial charge in [0.1, 0.15) is 12.0 Å². The van der Waals surface area contributed by atoms with Gasteiger partial charge in [0, 0.05) is 16.7 Å². The Balaban J connectivity index is 1.58. The maximum atomic E-state index is 12.4. The Morgan fingerprint density at radius 3 is 2.86 bits per heavy atom. The number of hydroxylamine groups is 2. The zero-order valence-corrected chi connectivity index (χ0v) is 13.3. The number of thioether (sulfide) groups is 1. The molecule has 0 spiro atoms. The van der Waals surface area contributed by atoms with Crippen LogP contribution < -0.4 is 0 Å². The third-order valence-corrected chi connectivity index (χ3v) is 6.19. The second kappa shape index (κ2) is 6.22. The first-order valence-electron chi connectivity index (χ1n) is 8.15. The summed E-state index contributed by atoms with van der Waals surface area (Å²) in [6.07, 6.45) is 4.17. The van der Waals surface area contributed by atoms with Gasteiger partial charge >= 0.3 is 5.97 Å². The molecule has 5 heteroatoms. The number of carbonyl (C=O) groups excluding carboxylic acids is 1. The van der Waals surface area contributed by atoms with Gasteiger partial charge in [0.25, 0.3) is 0 Å². The van der Waals surface area contributed by atoms with E-state index >= 15 is 0 Å². The van der Waals surface area contributed by atoms with Crippen molar-refractivity contribution in [2.75, 3.05) is 13.2 Å². The number of ether oxygens (including phenoxy) is 1. The van der Waals surface area contributed by atoms with Crippen molar-refractivity contribution in [3.05, 3.63) is 30.3 Å². The Kier molecular flexibility index (Phi) is 4.11. The van der Waals surface area contributed by atoms with Crippen molar-refractivity contribution < 1.29 is 14.4 Å². The average Bonchev–Trinajstić information content (AvgIpc) is 2.87. The Bertz CT molecular complexity index is 538. The monoisotopic (exact) mass is 319 g/mol. The van der Waals surface area contributed by atoms with Gasteiger partial charge in [-0.3, -0.25) is 9.63 Å². The molecule has 0 aromatic heterocycles. The fraction of sp³-hybridized carbons (Fsp3) is 0.588. The zero-order valence-electron chi connectivity index (χ0n) is 12.5. The van der Waals surface area contributed by atoms with Crippen LogP contribution in [0.5, 0.6) is 0 Å². The molecule has 1 aromatic rings. The van der Waals surface area contributed by atoms with Gasteiger partial charge in [-0.25, -0.2) is 0 Å². The number of esters is 1. The molecule has 4 nitrogen and oxygen atoms in total. The predicted octanol–water partition coefficient (Wildman–Crippen LogP) is 2.88. The fourth-order valence-corrected chi connectivity index (χ4v) is 5.02. The molecule has 3 heterocycles. The molecule has 0 bridgehead atoms. The lowest BCUT2D eigenvalue weighted by Crippen LogP contribution is -2.40. The summed E-state index contributed by atoms with van der Waals surface area (Å²) in [6, 6.07) is 10.6. The van der Waals surface area contributed by atoms with E-state index in [9.17, 15) is 4.79 Å². The number of hydrogen-bond donors (Lipinski definition) is 0. The molecule has 3 fully saturated rings. The topological polar surface area (TPSA) is 38.8 Å². The van der Waals surface area contributed by atoms with Gasteiger partial charge in [-0.05, 0) is 31.4 Å². The summed E-state index contributed by atoms with van der Waals surface area (Å²) in [5.41, 5.74) is 0. The second-order valence-corrected chi connectivity index (χ2v) is 7.54. The number of cyclic esters (lactones) is 1. The Morgan fingerprint density at radius 1 is 1.14 bits per heavy atom. The minimum atomic E-state index is -0.121. The van der Waals surface area contributed by atoms with Crippen LogP contribution in [0.1, 0.15) is 25.7 Å². The maximum Gasteiger partial charge on any atom is 0.313 e. The number of rotatable bonds is 2. The van der Waals surface area contributed by atoms with Gasteiger partial charge in [-0.1, -0.05) is 24.6 Å². The van der Waals surface area contributed by atoms with Crippen molar-refractivity contribution in [3.63, 3.8) is 0 Å². The van der Waals surface area contributed by atoms with Gasteiger partial charge < -0.3 is 4.74 Å². The van der Waals surface area contributed by atoms with Crippen molar-refractivity contribution in [2.24, 2.45) is 5.92 Å². The zero-order chi connectivity index (χ0) is 14.9. The van der Waals surface area contributed by atoms with Gasteiger partial charge in [0.15, 0.2) is 0 Å². The largest absolute Gasteiger partial charge is 0.465 e. The van der Waals surface area contributed by atoms with Crippen molar-refractivity contribution in [3.8, 4) is 0 Å². The van der Waals surface area contributed by atoms with Gasteiger partial charge in [-0.15, -0.1) is 11.8 Å². The van der Waals surface area contributed by atoms with Crippen molar-refractivity contribution in [2.45, 2.75) is 48.0 Å². The first-order chi connectivity index (χ1) is 10.8. The molecule has 0 saturated carbocycles. The summed E-state index contributed by atoms with van der Waals surface area (Å²) < 4.78 is 5.47. The van der Waals surface area contributed by atoms with Crippen molar-refractivity contribution >= 4 is 17.7 Å². The van der Waals surface area contributed by atoms with E-state index in [1.807, 2.05) is 17.8 Å². The Hall–Kier alpha value is -1.04. The molecule has 0 amide bonds. The highest BCUT2D eigenvalue weighted by molar-refractivity contribution is 8.00. The second-order valence-electron chi connectivity index (χ2n) is 6.23. The summed E-state index contributed by atoms with van der Waals surface area (Å²) >= 11 is 1.82. The number of hydrogen-bond acceptors (Lipinski definition) is 5. The molecule has 0 N–H and O–H groups in total. The molecule has 0 radical (unpaired) electrons. The molecule has 0 aliphatic carbocycles. The molecular formula is C17H21NO3S. The normalized spacial score (nSPS) is 35.4. The third kappa shape index (κ3) is 2.66. The lowest BCUT2D eigenvalue weighted by molar-refractivity contribution is -0.171. The van der Waals surface area contributed by atoms with Crippen LogP contribution in [0.2, 0.25) is 0 Å². The van der Waals surface area contributed by atoms with E-state index in [-0.39, 0.29) is 29.3 Å². The molecule has 118 valence electrons. The third-order valence-electron chi connectivity index (χ3n) is 4.84. The molecule has 22 heavy (non-hydrogen) atoms. The van der Waals surface area contributed by atoms with E-state index in [0.717, 1.165) is 25.8 Å². The van der Waals surface area contributed by atoms with Crippen LogP contribution in [0.25, 0.3) is 0 Å². The Morgan fingerprint density at radius 2 is 2.00 bits per heavy atom. The highest BCUT2D eigenvalue weighted by Crippen LogP contribution is 2.43. The summed E-state index contributed by atoms with van der Waals surface area (Å²) in [5, 5.41) is 2.33. The van der Waals surface area contributed by atoms with Crippen LogP contribution in [-0.2, 0) is 14.4 Å². The maximum absolute atomic E-state index is 12.4. The number of piperidine rings is 1. The minimum Gasteiger partial charge on any atom is -0.465 e. The summed E-state index contributed by atoms with van der Waals surface area (Å²) in [5.74, 6) is -0.181. The quantitative estimate of drug-likeness (QED) is 0.784. The molecule has 0 unspecified atom stereocenters. The first kappa shape index (κ1) is 14.5. The standard InChI is InChI=1S/C17H21NO3S/c19-17-15-13-8-4-5-10-18(13)21-16(15)14(9-11-20-17)22-12-6-2-1-3-7-12/h1-3,6-7,13-16H,4-5,8-11H2/t13-,14-,15-,16-/m1/s1. The van der Waals surface area contributed by atoms with E-state index < -0.39 is 0 Å². The summed E-state index contributed by atoms with van der Waals surface area (Å²) in [7, 11) is 0. The lowest BCUT2D eigenvalue weighted by Gasteiger charge is -2.28. The highest BCUT2D eigenvalue weighted by Gasteiger charge is 2.53.